The normalized spacial score (nSPS) is 9.62. The maximum Gasteiger partial charge on any atom is 0.269 e. The molecule has 0 aliphatic heterocycles. The van der Waals surface area contributed by atoms with Crippen LogP contribution < -0.4 is 15.2 Å². The monoisotopic (exact) mass is 559 g/mol. The Morgan fingerprint density at radius 2 is 1.00 bits per heavy atom. The summed E-state index contributed by atoms with van der Waals surface area (Å²) in [5.41, 5.74) is 6.38. The van der Waals surface area contributed by atoms with Gasteiger partial charge in [-0.2, -0.15) is 0 Å². The summed E-state index contributed by atoms with van der Waals surface area (Å²) in [7, 11) is 0. The highest BCUT2D eigenvalue weighted by Crippen LogP contribution is 2.23. The van der Waals surface area contributed by atoms with E-state index in [2.05, 4.69) is 9.97 Å². The molecule has 0 atom stereocenters. The van der Waals surface area contributed by atoms with Gasteiger partial charge >= 0.3 is 0 Å². The van der Waals surface area contributed by atoms with E-state index in [0.29, 0.717) is 16.5 Å². The zero-order valence-electron chi connectivity index (χ0n) is 20.7. The number of benzene rings is 3. The summed E-state index contributed by atoms with van der Waals surface area (Å²) in [4.78, 5) is 27.4. The maximum absolute atomic E-state index is 10.4. The molecule has 2 N–H and O–H groups in total. The minimum atomic E-state index is -0.462. The molecule has 0 spiro atoms. The van der Waals surface area contributed by atoms with Crippen molar-refractivity contribution in [1.82, 2.24) is 9.97 Å². The van der Waals surface area contributed by atoms with Crippen molar-refractivity contribution in [3.8, 4) is 23.0 Å². The van der Waals surface area contributed by atoms with Gasteiger partial charge in [-0.05, 0) is 72.8 Å². The molecule has 0 aliphatic rings. The average molecular weight is 560 g/mol. The van der Waals surface area contributed by atoms with Gasteiger partial charge in [0.2, 0.25) is 0 Å². The van der Waals surface area contributed by atoms with Gasteiger partial charge in [0.25, 0.3) is 11.4 Å². The van der Waals surface area contributed by atoms with Gasteiger partial charge in [-0.3, -0.25) is 30.2 Å². The number of anilines is 1. The summed E-state index contributed by atoms with van der Waals surface area (Å²) in [5.74, 6) is 2.61. The average Bonchev–Trinajstić information content (AvgIpc) is 2.97. The number of hydrogen-bond donors (Lipinski definition) is 1. The van der Waals surface area contributed by atoms with E-state index in [-0.39, 0.29) is 11.4 Å². The van der Waals surface area contributed by atoms with E-state index in [0.717, 1.165) is 17.2 Å². The van der Waals surface area contributed by atoms with Crippen molar-refractivity contribution in [2.24, 2.45) is 0 Å². The van der Waals surface area contributed by atoms with Crippen LogP contribution >= 0.6 is 11.6 Å². The fraction of sp³-hybridized carbons (Fsp3) is 0. The van der Waals surface area contributed by atoms with Gasteiger partial charge in [0.15, 0.2) is 0 Å². The van der Waals surface area contributed by atoms with E-state index in [1.165, 1.54) is 36.4 Å². The lowest BCUT2D eigenvalue weighted by atomic mass is 10.3. The van der Waals surface area contributed by atoms with Gasteiger partial charge in [0.05, 0.1) is 22.2 Å². The Bertz CT molecular complexity index is 1490. The fourth-order valence-electron chi connectivity index (χ4n) is 2.82. The molecule has 12 heteroatoms. The van der Waals surface area contributed by atoms with Gasteiger partial charge < -0.3 is 15.2 Å². The molecule has 40 heavy (non-hydrogen) atoms. The van der Waals surface area contributed by atoms with Crippen molar-refractivity contribution >= 4 is 28.7 Å². The number of aromatic nitrogens is 2. The van der Waals surface area contributed by atoms with Crippen LogP contribution in [0.3, 0.4) is 0 Å². The molecule has 0 unspecified atom stereocenters. The quantitative estimate of drug-likeness (QED) is 0.126. The second-order valence-electron chi connectivity index (χ2n) is 7.64. The SMILES string of the molecule is Nc1ccc(Oc2cccnc2)cc1.O=[N+]([O-])c1ccc(Cl)cc1.O=[N+]([O-])c1ccc(Oc2cccnc2)cc1. The van der Waals surface area contributed by atoms with Gasteiger partial charge in [0, 0.05) is 47.4 Å². The zero-order chi connectivity index (χ0) is 28.7. The molecule has 0 radical (unpaired) electrons. The Morgan fingerprint density at radius 1 is 0.600 bits per heavy atom. The van der Waals surface area contributed by atoms with E-state index >= 15 is 0 Å². The molecule has 0 saturated heterocycles. The first-order chi connectivity index (χ1) is 19.3. The van der Waals surface area contributed by atoms with Crippen molar-refractivity contribution < 1.29 is 19.3 Å². The Hall–Kier alpha value is -5.55. The molecule has 0 fully saturated rings. The zero-order valence-corrected chi connectivity index (χ0v) is 21.5. The fourth-order valence-corrected chi connectivity index (χ4v) is 2.95. The summed E-state index contributed by atoms with van der Waals surface area (Å²) in [6.07, 6.45) is 6.58. The molecule has 0 aliphatic carbocycles. The lowest BCUT2D eigenvalue weighted by Gasteiger charge is -2.04. The summed E-state index contributed by atoms with van der Waals surface area (Å²) in [6, 6.07) is 26.0. The van der Waals surface area contributed by atoms with Crippen molar-refractivity contribution in [3.63, 3.8) is 0 Å². The number of nitro groups is 2. The van der Waals surface area contributed by atoms with Crippen LogP contribution in [0.1, 0.15) is 0 Å². The molecule has 0 saturated carbocycles. The van der Waals surface area contributed by atoms with E-state index < -0.39 is 9.85 Å². The number of nitrogens with two attached hydrogens (primary N) is 1. The van der Waals surface area contributed by atoms with Crippen LogP contribution in [-0.4, -0.2) is 19.8 Å². The molecule has 0 amide bonds. The third kappa shape index (κ3) is 10.1. The van der Waals surface area contributed by atoms with Crippen LogP contribution in [0.25, 0.3) is 0 Å². The Morgan fingerprint density at radius 3 is 1.38 bits per heavy atom. The molecule has 5 rings (SSSR count). The predicted molar refractivity (Wildman–Crippen MR) is 151 cm³/mol. The Balaban J connectivity index is 0.000000170. The predicted octanol–water partition coefficient (Wildman–Crippen LogP) is 7.49. The van der Waals surface area contributed by atoms with E-state index in [1.807, 2.05) is 24.3 Å². The number of ether oxygens (including phenoxy) is 2. The Labute approximate surface area is 233 Å². The van der Waals surface area contributed by atoms with Crippen molar-refractivity contribution in [3.05, 3.63) is 147 Å². The number of nitro benzene ring substituents is 2. The van der Waals surface area contributed by atoms with Crippen molar-refractivity contribution in [1.29, 1.82) is 0 Å². The van der Waals surface area contributed by atoms with Crippen LogP contribution in [0, 0.1) is 20.2 Å². The lowest BCUT2D eigenvalue weighted by molar-refractivity contribution is -0.385. The van der Waals surface area contributed by atoms with Crippen LogP contribution in [0.2, 0.25) is 5.02 Å². The van der Waals surface area contributed by atoms with Crippen molar-refractivity contribution in [2.45, 2.75) is 0 Å². The lowest BCUT2D eigenvalue weighted by Crippen LogP contribution is -1.88. The Kier molecular flexibility index (Phi) is 10.9. The molecule has 3 aromatic carbocycles. The van der Waals surface area contributed by atoms with Gasteiger partial charge in [-0.25, -0.2) is 0 Å². The first kappa shape index (κ1) is 29.0. The third-order valence-corrected chi connectivity index (χ3v) is 4.96. The molecule has 0 bridgehead atoms. The molecule has 202 valence electrons. The van der Waals surface area contributed by atoms with Crippen LogP contribution in [0.15, 0.2) is 122 Å². The van der Waals surface area contributed by atoms with Crippen molar-refractivity contribution in [2.75, 3.05) is 5.73 Å². The smallest absolute Gasteiger partial charge is 0.269 e. The van der Waals surface area contributed by atoms with Crippen LogP contribution in [0.5, 0.6) is 23.0 Å². The van der Waals surface area contributed by atoms with E-state index in [1.54, 1.807) is 61.2 Å². The number of non-ortho nitro benzene ring substituents is 2. The highest BCUT2D eigenvalue weighted by molar-refractivity contribution is 6.30. The second kappa shape index (κ2) is 15.0. The van der Waals surface area contributed by atoms with E-state index in [4.69, 9.17) is 26.8 Å². The summed E-state index contributed by atoms with van der Waals surface area (Å²) < 4.78 is 10.9. The van der Waals surface area contributed by atoms with Gasteiger partial charge in [-0.15, -0.1) is 0 Å². The number of pyridine rings is 2. The number of nitrogen functional groups attached to an aromatic ring is 1. The number of hydrogen-bond acceptors (Lipinski definition) is 9. The third-order valence-electron chi connectivity index (χ3n) is 4.71. The maximum atomic E-state index is 10.4. The van der Waals surface area contributed by atoms with Crippen LogP contribution in [0.4, 0.5) is 17.1 Å². The summed E-state index contributed by atoms with van der Waals surface area (Å²) in [5, 5.41) is 21.0. The number of halogens is 1. The van der Waals surface area contributed by atoms with Gasteiger partial charge in [0.1, 0.15) is 23.0 Å². The molecule has 11 nitrogen and oxygen atoms in total. The molecule has 2 aromatic heterocycles. The topological polar surface area (TPSA) is 157 Å². The van der Waals surface area contributed by atoms with Gasteiger partial charge in [-0.1, -0.05) is 11.6 Å². The first-order valence-corrected chi connectivity index (χ1v) is 11.8. The molecule has 5 aromatic rings. The summed E-state index contributed by atoms with van der Waals surface area (Å²) in [6.45, 7) is 0. The molecular formula is C28H22ClN5O6. The minimum absolute atomic E-state index is 0.0403. The number of rotatable bonds is 6. The minimum Gasteiger partial charge on any atom is -0.456 e. The largest absolute Gasteiger partial charge is 0.456 e. The summed E-state index contributed by atoms with van der Waals surface area (Å²) >= 11 is 5.49. The highest BCUT2D eigenvalue weighted by atomic mass is 35.5. The highest BCUT2D eigenvalue weighted by Gasteiger charge is 2.05. The van der Waals surface area contributed by atoms with Crippen LogP contribution in [-0.2, 0) is 0 Å². The van der Waals surface area contributed by atoms with E-state index in [9.17, 15) is 20.2 Å². The first-order valence-electron chi connectivity index (χ1n) is 11.5. The molecule has 2 heterocycles. The second-order valence-corrected chi connectivity index (χ2v) is 8.07. The number of nitrogens with zero attached hydrogens (tertiary/aromatic N) is 4. The standard InChI is InChI=1S/C11H8N2O3.C11H10N2O.C6H4ClNO2/c14-13(15)9-3-5-10(6-4-9)16-11-2-1-7-12-8-11;12-9-3-5-10(6-4-9)14-11-2-1-7-13-8-11;7-5-1-3-6(4-2-5)8(9)10/h1-8H;1-8H,12H2;1-4H. The molecular weight excluding hydrogens is 538 g/mol.